The van der Waals surface area contributed by atoms with E-state index in [9.17, 15) is 9.59 Å². The van der Waals surface area contributed by atoms with Gasteiger partial charge in [0.15, 0.2) is 0 Å². The zero-order valence-corrected chi connectivity index (χ0v) is 13.6. The Morgan fingerprint density at radius 1 is 1.00 bits per heavy atom. The lowest BCUT2D eigenvalue weighted by molar-refractivity contribution is 0.0698. The average Bonchev–Trinajstić information content (AvgIpc) is 2.46. The minimum atomic E-state index is -1.07. The molecule has 0 aliphatic carbocycles. The number of carbonyl (C=O) groups excluding carboxylic acids is 1. The molecule has 0 heterocycles. The SMILES string of the molecule is CC(C)(C)Cc1ccc(C(=O)Nc2ccccc2C(=O)O)cc1. The highest BCUT2D eigenvalue weighted by atomic mass is 16.4. The fraction of sp³-hybridized carbons (Fsp3) is 0.263. The van der Waals surface area contributed by atoms with Crippen molar-refractivity contribution < 1.29 is 14.7 Å². The topological polar surface area (TPSA) is 66.4 Å². The van der Waals surface area contributed by atoms with Crippen LogP contribution < -0.4 is 5.32 Å². The molecule has 120 valence electrons. The minimum Gasteiger partial charge on any atom is -0.478 e. The van der Waals surface area contributed by atoms with Crippen LogP contribution in [0.15, 0.2) is 48.5 Å². The molecule has 0 unspecified atom stereocenters. The number of carboxylic acids is 1. The van der Waals surface area contributed by atoms with Crippen LogP contribution in [-0.4, -0.2) is 17.0 Å². The van der Waals surface area contributed by atoms with E-state index in [4.69, 9.17) is 5.11 Å². The van der Waals surface area contributed by atoms with E-state index >= 15 is 0 Å². The number of benzene rings is 2. The Labute approximate surface area is 136 Å². The molecule has 2 N–H and O–H groups in total. The highest BCUT2D eigenvalue weighted by molar-refractivity contribution is 6.07. The second kappa shape index (κ2) is 6.65. The van der Waals surface area contributed by atoms with Crippen LogP contribution in [-0.2, 0) is 6.42 Å². The largest absolute Gasteiger partial charge is 0.478 e. The van der Waals surface area contributed by atoms with Gasteiger partial charge in [-0.15, -0.1) is 0 Å². The van der Waals surface area contributed by atoms with Gasteiger partial charge in [0.05, 0.1) is 11.3 Å². The lowest BCUT2D eigenvalue weighted by Gasteiger charge is -2.18. The van der Waals surface area contributed by atoms with Gasteiger partial charge < -0.3 is 10.4 Å². The third kappa shape index (κ3) is 4.68. The van der Waals surface area contributed by atoms with Crippen molar-refractivity contribution in [3.05, 3.63) is 65.2 Å². The zero-order chi connectivity index (χ0) is 17.0. The molecule has 0 spiro atoms. The van der Waals surface area contributed by atoms with Crippen LogP contribution in [0.1, 0.15) is 47.1 Å². The molecular weight excluding hydrogens is 290 g/mol. The lowest BCUT2D eigenvalue weighted by Crippen LogP contribution is -2.15. The van der Waals surface area contributed by atoms with Gasteiger partial charge in [-0.2, -0.15) is 0 Å². The first-order valence-corrected chi connectivity index (χ1v) is 7.49. The van der Waals surface area contributed by atoms with Crippen LogP contribution in [0.3, 0.4) is 0 Å². The first-order valence-electron chi connectivity index (χ1n) is 7.49. The van der Waals surface area contributed by atoms with Crippen LogP contribution >= 0.6 is 0 Å². The predicted molar refractivity (Wildman–Crippen MR) is 91.0 cm³/mol. The molecule has 0 aromatic heterocycles. The van der Waals surface area contributed by atoms with Gasteiger partial charge >= 0.3 is 5.97 Å². The smallest absolute Gasteiger partial charge is 0.337 e. The molecule has 2 rings (SSSR count). The molecule has 23 heavy (non-hydrogen) atoms. The monoisotopic (exact) mass is 311 g/mol. The highest BCUT2D eigenvalue weighted by Crippen LogP contribution is 2.21. The second-order valence-corrected chi connectivity index (χ2v) is 6.74. The third-order valence-electron chi connectivity index (χ3n) is 3.36. The standard InChI is InChI=1S/C19H21NO3/c1-19(2,3)12-13-8-10-14(11-9-13)17(21)20-16-7-5-4-6-15(16)18(22)23/h4-11H,12H2,1-3H3,(H,20,21)(H,22,23). The molecule has 2 aromatic rings. The number of hydrogen-bond donors (Lipinski definition) is 2. The number of amides is 1. The first-order chi connectivity index (χ1) is 10.8. The molecule has 0 radical (unpaired) electrons. The quantitative estimate of drug-likeness (QED) is 0.888. The predicted octanol–water partition coefficient (Wildman–Crippen LogP) is 4.23. The highest BCUT2D eigenvalue weighted by Gasteiger charge is 2.14. The summed E-state index contributed by atoms with van der Waals surface area (Å²) >= 11 is 0. The summed E-state index contributed by atoms with van der Waals surface area (Å²) in [5, 5.41) is 11.8. The van der Waals surface area contributed by atoms with Crippen molar-refractivity contribution >= 4 is 17.6 Å². The average molecular weight is 311 g/mol. The Hall–Kier alpha value is -2.62. The van der Waals surface area contributed by atoms with Crippen molar-refractivity contribution in [2.45, 2.75) is 27.2 Å². The maximum Gasteiger partial charge on any atom is 0.337 e. The van der Waals surface area contributed by atoms with E-state index in [0.29, 0.717) is 11.3 Å². The van der Waals surface area contributed by atoms with Gasteiger partial charge in [-0.05, 0) is 41.7 Å². The number of nitrogens with one attached hydrogen (secondary N) is 1. The molecule has 0 atom stereocenters. The van der Waals surface area contributed by atoms with Gasteiger partial charge in [-0.1, -0.05) is 45.0 Å². The van der Waals surface area contributed by atoms with Crippen molar-refractivity contribution in [1.29, 1.82) is 0 Å². The van der Waals surface area contributed by atoms with Gasteiger partial charge in [-0.25, -0.2) is 4.79 Å². The number of hydrogen-bond acceptors (Lipinski definition) is 2. The normalized spacial score (nSPS) is 11.1. The minimum absolute atomic E-state index is 0.0743. The van der Waals surface area contributed by atoms with Crippen LogP contribution in [0.2, 0.25) is 0 Å². The zero-order valence-electron chi connectivity index (χ0n) is 13.6. The van der Waals surface area contributed by atoms with Crippen LogP contribution in [0.25, 0.3) is 0 Å². The summed E-state index contributed by atoms with van der Waals surface area (Å²) in [7, 11) is 0. The van der Waals surface area contributed by atoms with E-state index in [-0.39, 0.29) is 16.9 Å². The fourth-order valence-corrected chi connectivity index (χ4v) is 2.36. The van der Waals surface area contributed by atoms with E-state index in [2.05, 4.69) is 26.1 Å². The van der Waals surface area contributed by atoms with Crippen LogP contribution in [0, 0.1) is 5.41 Å². The summed E-state index contributed by atoms with van der Waals surface area (Å²) < 4.78 is 0. The summed E-state index contributed by atoms with van der Waals surface area (Å²) in [5.74, 6) is -1.39. The third-order valence-corrected chi connectivity index (χ3v) is 3.36. The first kappa shape index (κ1) is 16.7. The second-order valence-electron chi connectivity index (χ2n) is 6.74. The molecule has 4 heteroatoms. The van der Waals surface area contributed by atoms with Gasteiger partial charge in [0.1, 0.15) is 0 Å². The summed E-state index contributed by atoms with van der Waals surface area (Å²) in [6.45, 7) is 6.49. The Morgan fingerprint density at radius 2 is 1.61 bits per heavy atom. The van der Waals surface area contributed by atoms with E-state index in [0.717, 1.165) is 6.42 Å². The molecule has 0 saturated heterocycles. The number of aromatic carboxylic acids is 1. The van der Waals surface area contributed by atoms with E-state index in [1.54, 1.807) is 30.3 Å². The molecule has 0 fully saturated rings. The molecule has 2 aromatic carbocycles. The molecule has 1 amide bonds. The Kier molecular flexibility index (Phi) is 4.84. The number of para-hydroxylation sites is 1. The molecule has 0 saturated carbocycles. The fourth-order valence-electron chi connectivity index (χ4n) is 2.36. The molecular formula is C19H21NO3. The molecule has 0 aliphatic heterocycles. The Bertz CT molecular complexity index is 712. The maximum absolute atomic E-state index is 12.3. The Balaban J connectivity index is 2.14. The number of anilines is 1. The molecule has 4 nitrogen and oxygen atoms in total. The summed E-state index contributed by atoms with van der Waals surface area (Å²) in [5.41, 5.74) is 2.22. The maximum atomic E-state index is 12.3. The molecule has 0 aliphatic rings. The number of carbonyl (C=O) groups is 2. The van der Waals surface area contributed by atoms with Gasteiger partial charge in [0.2, 0.25) is 0 Å². The van der Waals surface area contributed by atoms with Crippen LogP contribution in [0.5, 0.6) is 0 Å². The van der Waals surface area contributed by atoms with Gasteiger partial charge in [-0.3, -0.25) is 4.79 Å². The van der Waals surface area contributed by atoms with Gasteiger partial charge in [0.25, 0.3) is 5.91 Å². The molecule has 0 bridgehead atoms. The number of rotatable bonds is 4. The lowest BCUT2D eigenvalue weighted by atomic mass is 9.88. The Morgan fingerprint density at radius 3 is 2.17 bits per heavy atom. The van der Waals surface area contributed by atoms with Crippen molar-refractivity contribution in [2.24, 2.45) is 5.41 Å². The summed E-state index contributed by atoms with van der Waals surface area (Å²) in [6.07, 6.45) is 0.927. The van der Waals surface area contributed by atoms with Crippen molar-refractivity contribution in [3.8, 4) is 0 Å². The number of carboxylic acid groups (broad SMARTS) is 1. The van der Waals surface area contributed by atoms with E-state index in [1.165, 1.54) is 11.6 Å². The summed E-state index contributed by atoms with van der Waals surface area (Å²) in [6, 6.07) is 13.8. The van der Waals surface area contributed by atoms with Crippen LogP contribution in [0.4, 0.5) is 5.69 Å². The van der Waals surface area contributed by atoms with Gasteiger partial charge in [0, 0.05) is 5.56 Å². The van der Waals surface area contributed by atoms with Crippen molar-refractivity contribution in [2.75, 3.05) is 5.32 Å². The van der Waals surface area contributed by atoms with Crippen molar-refractivity contribution in [1.82, 2.24) is 0 Å². The van der Waals surface area contributed by atoms with E-state index < -0.39 is 5.97 Å². The van der Waals surface area contributed by atoms with E-state index in [1.807, 2.05) is 12.1 Å². The van der Waals surface area contributed by atoms with Crippen molar-refractivity contribution in [3.63, 3.8) is 0 Å². The summed E-state index contributed by atoms with van der Waals surface area (Å²) in [4.78, 5) is 23.4.